The Morgan fingerprint density at radius 3 is 2.56 bits per heavy atom. The number of carbonyl (C=O) groups is 1. The second-order valence-electron chi connectivity index (χ2n) is 6.76. The molecule has 0 heterocycles. The first-order chi connectivity index (χ1) is 11.8. The highest BCUT2D eigenvalue weighted by Gasteiger charge is 2.18. The summed E-state index contributed by atoms with van der Waals surface area (Å²) in [5.41, 5.74) is 0.176. The summed E-state index contributed by atoms with van der Waals surface area (Å²) < 4.78 is 5.32. The molecule has 1 amide bonds. The van der Waals surface area contributed by atoms with Crippen molar-refractivity contribution in [2.75, 3.05) is 13.6 Å². The number of rotatable bonds is 3. The minimum Gasteiger partial charge on any atom is -0.444 e. The van der Waals surface area contributed by atoms with Crippen LogP contribution in [0.25, 0.3) is 10.8 Å². The lowest BCUT2D eigenvalue weighted by Crippen LogP contribution is -2.44. The van der Waals surface area contributed by atoms with Crippen LogP contribution in [0, 0.1) is 0 Å². The lowest BCUT2D eigenvalue weighted by molar-refractivity contribution is 0.0557. The maximum Gasteiger partial charge on any atom is 0.414 e. The summed E-state index contributed by atoms with van der Waals surface area (Å²) in [5, 5.41) is 4.95. The summed E-state index contributed by atoms with van der Waals surface area (Å²) in [6, 6.07) is 14.0. The Morgan fingerprint density at radius 2 is 1.92 bits per heavy atom. The molecule has 2 rings (SSSR count). The van der Waals surface area contributed by atoms with E-state index in [0.29, 0.717) is 12.5 Å². The van der Waals surface area contributed by atoms with Gasteiger partial charge in [0.2, 0.25) is 5.96 Å². The van der Waals surface area contributed by atoms with Crippen LogP contribution in [0.5, 0.6) is 0 Å². The van der Waals surface area contributed by atoms with Crippen molar-refractivity contribution >= 4 is 28.5 Å². The van der Waals surface area contributed by atoms with Crippen LogP contribution in [0.15, 0.2) is 60.1 Å². The van der Waals surface area contributed by atoms with E-state index >= 15 is 0 Å². The van der Waals surface area contributed by atoms with Crippen LogP contribution in [-0.4, -0.2) is 36.1 Å². The maximum atomic E-state index is 12.1. The molecule has 0 spiro atoms. The maximum absolute atomic E-state index is 12.1. The Bertz CT molecular complexity index is 791. The van der Waals surface area contributed by atoms with E-state index in [1.165, 1.54) is 0 Å². The fraction of sp³-hybridized carbons (Fsp3) is 0.300. The molecule has 0 radical (unpaired) electrons. The van der Waals surface area contributed by atoms with Crippen LogP contribution < -0.4 is 5.32 Å². The van der Waals surface area contributed by atoms with Gasteiger partial charge in [-0.15, -0.1) is 6.58 Å². The number of nitrogens with zero attached hydrogens (tertiary/aromatic N) is 2. The van der Waals surface area contributed by atoms with E-state index < -0.39 is 11.7 Å². The molecule has 0 aliphatic rings. The first kappa shape index (κ1) is 18.5. The van der Waals surface area contributed by atoms with Crippen molar-refractivity contribution in [1.29, 1.82) is 0 Å². The van der Waals surface area contributed by atoms with Crippen molar-refractivity contribution in [2.24, 2.45) is 4.99 Å². The van der Waals surface area contributed by atoms with Gasteiger partial charge >= 0.3 is 6.09 Å². The predicted octanol–water partition coefficient (Wildman–Crippen LogP) is 4.47. The monoisotopic (exact) mass is 339 g/mol. The molecule has 0 unspecified atom stereocenters. The Morgan fingerprint density at radius 1 is 1.24 bits per heavy atom. The molecular weight excluding hydrogens is 314 g/mol. The van der Waals surface area contributed by atoms with Crippen molar-refractivity contribution in [3.63, 3.8) is 0 Å². The zero-order valence-electron chi connectivity index (χ0n) is 15.2. The molecule has 132 valence electrons. The van der Waals surface area contributed by atoms with Crippen LogP contribution in [0.1, 0.15) is 20.8 Å². The van der Waals surface area contributed by atoms with E-state index in [-0.39, 0.29) is 0 Å². The summed E-state index contributed by atoms with van der Waals surface area (Å²) in [6.45, 7) is 9.73. The number of fused-ring (bicyclic) bond motifs is 1. The summed E-state index contributed by atoms with van der Waals surface area (Å²) in [7, 11) is 1.83. The number of hydrogen-bond acceptors (Lipinski definition) is 3. The molecule has 5 heteroatoms. The highest BCUT2D eigenvalue weighted by Crippen LogP contribution is 2.21. The molecule has 0 atom stereocenters. The van der Waals surface area contributed by atoms with E-state index in [1.54, 1.807) is 11.0 Å². The van der Waals surface area contributed by atoms with Gasteiger partial charge in [-0.25, -0.2) is 9.79 Å². The number of aliphatic imine (C=N–C) groups is 1. The standard InChI is InChI=1S/C20H25N3O2/c1-6-13-23(5)18(22-19(24)25-20(2,3)4)21-17-12-11-15-9-7-8-10-16(15)14-17/h6-12,14H,1,13H2,2-5H3,(H,21,22,24). The second kappa shape index (κ2) is 7.83. The fourth-order valence-corrected chi connectivity index (χ4v) is 2.25. The van der Waals surface area contributed by atoms with Gasteiger partial charge in [-0.05, 0) is 43.7 Å². The summed E-state index contributed by atoms with van der Waals surface area (Å²) in [6.07, 6.45) is 1.20. The van der Waals surface area contributed by atoms with Crippen molar-refractivity contribution in [1.82, 2.24) is 10.2 Å². The van der Waals surface area contributed by atoms with E-state index in [0.717, 1.165) is 16.5 Å². The number of carbonyl (C=O) groups excluding carboxylic acids is 1. The molecule has 2 aromatic rings. The van der Waals surface area contributed by atoms with Gasteiger partial charge in [0.15, 0.2) is 0 Å². The lowest BCUT2D eigenvalue weighted by atomic mass is 10.1. The molecule has 25 heavy (non-hydrogen) atoms. The van der Waals surface area contributed by atoms with Gasteiger partial charge in [0.1, 0.15) is 5.60 Å². The number of ether oxygens (including phenoxy) is 1. The van der Waals surface area contributed by atoms with E-state index in [4.69, 9.17) is 4.74 Å². The lowest BCUT2D eigenvalue weighted by Gasteiger charge is -2.23. The normalized spacial score (nSPS) is 11.9. The predicted molar refractivity (Wildman–Crippen MR) is 103 cm³/mol. The fourth-order valence-electron chi connectivity index (χ4n) is 2.25. The van der Waals surface area contributed by atoms with Crippen molar-refractivity contribution in [3.05, 3.63) is 55.1 Å². The topological polar surface area (TPSA) is 53.9 Å². The molecule has 0 saturated heterocycles. The van der Waals surface area contributed by atoms with Crippen LogP contribution >= 0.6 is 0 Å². The van der Waals surface area contributed by atoms with Gasteiger partial charge in [0, 0.05) is 13.6 Å². The van der Waals surface area contributed by atoms with Gasteiger partial charge in [0.25, 0.3) is 0 Å². The zero-order valence-corrected chi connectivity index (χ0v) is 15.2. The summed E-state index contributed by atoms with van der Waals surface area (Å²) in [4.78, 5) is 18.5. The minimum atomic E-state index is -0.574. The van der Waals surface area contributed by atoms with Crippen molar-refractivity contribution in [2.45, 2.75) is 26.4 Å². The molecular formula is C20H25N3O2. The average Bonchev–Trinajstić information content (AvgIpc) is 2.52. The van der Waals surface area contributed by atoms with E-state index in [2.05, 4.69) is 16.9 Å². The number of amides is 1. The summed E-state index contributed by atoms with van der Waals surface area (Å²) in [5.74, 6) is 0.407. The Kier molecular flexibility index (Phi) is 5.80. The third-order valence-corrected chi connectivity index (χ3v) is 3.35. The molecule has 0 aliphatic heterocycles. The molecule has 0 bridgehead atoms. The van der Waals surface area contributed by atoms with Gasteiger partial charge in [-0.2, -0.15) is 0 Å². The molecule has 0 aliphatic carbocycles. The summed E-state index contributed by atoms with van der Waals surface area (Å²) >= 11 is 0. The third kappa shape index (κ3) is 5.64. The second-order valence-corrected chi connectivity index (χ2v) is 6.76. The van der Waals surface area contributed by atoms with Crippen LogP contribution in [0.4, 0.5) is 10.5 Å². The highest BCUT2D eigenvalue weighted by atomic mass is 16.6. The zero-order chi connectivity index (χ0) is 18.4. The van der Waals surface area contributed by atoms with Gasteiger partial charge < -0.3 is 9.64 Å². The van der Waals surface area contributed by atoms with Crippen LogP contribution in [-0.2, 0) is 4.74 Å². The Balaban J connectivity index is 2.30. The minimum absolute atomic E-state index is 0.407. The SMILES string of the molecule is C=CCN(C)C(=Nc1ccc2ccccc2c1)NC(=O)OC(C)(C)C. The van der Waals surface area contributed by atoms with Crippen LogP contribution in [0.2, 0.25) is 0 Å². The smallest absolute Gasteiger partial charge is 0.414 e. The number of benzene rings is 2. The largest absolute Gasteiger partial charge is 0.444 e. The molecule has 0 saturated carbocycles. The van der Waals surface area contributed by atoms with Gasteiger partial charge in [-0.1, -0.05) is 36.4 Å². The van der Waals surface area contributed by atoms with Gasteiger partial charge in [-0.3, -0.25) is 5.32 Å². The molecule has 1 N–H and O–H groups in total. The van der Waals surface area contributed by atoms with E-state index in [1.807, 2.05) is 70.3 Å². The van der Waals surface area contributed by atoms with Crippen molar-refractivity contribution < 1.29 is 9.53 Å². The molecule has 0 fully saturated rings. The first-order valence-electron chi connectivity index (χ1n) is 8.18. The average molecular weight is 339 g/mol. The highest BCUT2D eigenvalue weighted by molar-refractivity contribution is 5.96. The van der Waals surface area contributed by atoms with Crippen molar-refractivity contribution in [3.8, 4) is 0 Å². The number of guanidine groups is 1. The number of nitrogens with one attached hydrogen (secondary N) is 1. The number of alkyl carbamates (subject to hydrolysis) is 1. The third-order valence-electron chi connectivity index (χ3n) is 3.35. The first-order valence-corrected chi connectivity index (χ1v) is 8.18. The Hall–Kier alpha value is -2.82. The number of likely N-dealkylation sites (N-methyl/N-ethyl adjacent to an activating group) is 1. The Labute approximate surface area is 149 Å². The van der Waals surface area contributed by atoms with Gasteiger partial charge in [0.05, 0.1) is 5.69 Å². The quantitative estimate of drug-likeness (QED) is 0.510. The molecule has 0 aromatic heterocycles. The van der Waals surface area contributed by atoms with Crippen LogP contribution in [0.3, 0.4) is 0 Å². The van der Waals surface area contributed by atoms with E-state index in [9.17, 15) is 4.79 Å². The number of hydrogen-bond donors (Lipinski definition) is 1. The molecule has 2 aromatic carbocycles. The molecule has 5 nitrogen and oxygen atoms in total.